The molecule has 46 heavy (non-hydrogen) atoms. The zero-order valence-electron chi connectivity index (χ0n) is 22.6. The minimum atomic E-state index is -1.58. The van der Waals surface area contributed by atoms with Crippen LogP contribution in [0.15, 0.2) is 48.1 Å². The lowest BCUT2D eigenvalue weighted by Crippen LogP contribution is -2.05. The molecule has 0 aromatic heterocycles. The molecule has 0 saturated carbocycles. The van der Waals surface area contributed by atoms with E-state index in [2.05, 4.69) is 19.4 Å². The van der Waals surface area contributed by atoms with Crippen molar-refractivity contribution in [1.82, 2.24) is 0 Å². The Morgan fingerprint density at radius 2 is 1.15 bits per heavy atom. The van der Waals surface area contributed by atoms with Gasteiger partial charge in [-0.3, -0.25) is 0 Å². The topological polar surface area (TPSA) is 113 Å². The molecule has 8 nitrogen and oxygen atoms in total. The van der Waals surface area contributed by atoms with Crippen LogP contribution in [0.4, 0.5) is 28.9 Å². The maximum absolute atomic E-state index is 16.9. The van der Waals surface area contributed by atoms with E-state index in [1.54, 1.807) is 18.2 Å². The highest BCUT2D eigenvalue weighted by atomic mass is 19.1. The standard InChI is InChI=1S/C34H6F4N8/c1-43-19-8-17(9-20(10-19)44-2)21(13-41)23-25-28(34(46-4)32(23)38)30(36)24-22(14-42)29(35)27(26(24)31(25)37)33(45-3)18-6-15(11-39)5-16(7-18)12-40/h5-10H/b23-21-,33-27+. The number of hydrogen-bond acceptors (Lipinski definition) is 4. The van der Waals surface area contributed by atoms with Crippen LogP contribution in [-0.2, 0) is 0 Å². The van der Waals surface area contributed by atoms with Crippen LogP contribution in [-0.4, -0.2) is 0 Å². The van der Waals surface area contributed by atoms with Gasteiger partial charge in [0, 0.05) is 33.4 Å². The van der Waals surface area contributed by atoms with Crippen molar-refractivity contribution < 1.29 is 17.6 Å². The Morgan fingerprint density at radius 3 is 1.63 bits per heavy atom. The van der Waals surface area contributed by atoms with Gasteiger partial charge in [0.1, 0.15) is 35.4 Å². The normalized spacial score (nSPS) is 14.7. The molecule has 210 valence electrons. The monoisotopic (exact) mass is 602 g/mol. The molecule has 0 unspecified atom stereocenters. The lowest BCUT2D eigenvalue weighted by Gasteiger charge is -2.16. The van der Waals surface area contributed by atoms with Crippen LogP contribution in [0.5, 0.6) is 0 Å². The van der Waals surface area contributed by atoms with Crippen molar-refractivity contribution >= 4 is 45.1 Å². The fourth-order valence-electron chi connectivity index (χ4n) is 5.26. The van der Waals surface area contributed by atoms with E-state index in [4.69, 9.17) is 26.3 Å². The van der Waals surface area contributed by atoms with E-state index >= 15 is 17.6 Å². The van der Waals surface area contributed by atoms with Gasteiger partial charge in [0.15, 0.2) is 11.4 Å². The second-order valence-corrected chi connectivity index (χ2v) is 9.38. The molecule has 0 fully saturated rings. The number of nitrogens with zero attached hydrogens (tertiary/aromatic N) is 8. The van der Waals surface area contributed by atoms with Gasteiger partial charge in [-0.25, -0.2) is 36.9 Å². The molecule has 2 aliphatic rings. The Hall–Kier alpha value is -7.74. The Bertz CT molecular complexity index is 2260. The first-order valence-corrected chi connectivity index (χ1v) is 12.4. The summed E-state index contributed by atoms with van der Waals surface area (Å²) >= 11 is 0. The molecule has 0 radical (unpaired) electrons. The number of halogens is 4. The average molecular weight is 602 g/mol. The summed E-state index contributed by atoms with van der Waals surface area (Å²) in [7, 11) is 0. The predicted molar refractivity (Wildman–Crippen MR) is 155 cm³/mol. The van der Waals surface area contributed by atoms with Gasteiger partial charge in [0.05, 0.1) is 60.7 Å². The van der Waals surface area contributed by atoms with Crippen LogP contribution >= 0.6 is 0 Å². The first-order chi connectivity index (χ1) is 22.1. The molecule has 3 aromatic rings. The van der Waals surface area contributed by atoms with Gasteiger partial charge < -0.3 is 0 Å². The van der Waals surface area contributed by atoms with Crippen molar-refractivity contribution in [2.75, 3.05) is 0 Å². The van der Waals surface area contributed by atoms with Crippen LogP contribution in [0.3, 0.4) is 0 Å². The van der Waals surface area contributed by atoms with Gasteiger partial charge in [-0.15, -0.1) is 0 Å². The highest BCUT2D eigenvalue weighted by molar-refractivity contribution is 6.17. The highest BCUT2D eigenvalue weighted by Gasteiger charge is 2.44. The van der Waals surface area contributed by atoms with Crippen molar-refractivity contribution in [3.8, 4) is 24.3 Å². The van der Waals surface area contributed by atoms with Gasteiger partial charge in [0.25, 0.3) is 0 Å². The van der Waals surface area contributed by atoms with Gasteiger partial charge >= 0.3 is 0 Å². The number of hydrogen-bond donors (Lipinski definition) is 0. The maximum Gasteiger partial charge on any atom is 0.233 e. The van der Waals surface area contributed by atoms with Crippen molar-refractivity contribution in [2.45, 2.75) is 0 Å². The third kappa shape index (κ3) is 4.15. The first-order valence-electron chi connectivity index (χ1n) is 12.4. The molecule has 0 N–H and O–H groups in total. The Labute approximate surface area is 257 Å². The molecular formula is C34H6F4N8. The number of allylic oxidation sites excluding steroid dienone is 6. The highest BCUT2D eigenvalue weighted by Crippen LogP contribution is 2.56. The maximum atomic E-state index is 16.9. The summed E-state index contributed by atoms with van der Waals surface area (Å²) in [5.41, 5.74) is -10.4. The van der Waals surface area contributed by atoms with Crippen LogP contribution in [0.2, 0.25) is 0 Å². The van der Waals surface area contributed by atoms with Gasteiger partial charge in [-0.1, -0.05) is 18.2 Å². The molecule has 0 heterocycles. The zero-order chi connectivity index (χ0) is 33.4. The predicted octanol–water partition coefficient (Wildman–Crippen LogP) is 8.82. The van der Waals surface area contributed by atoms with Crippen molar-refractivity contribution in [3.63, 3.8) is 0 Å². The lowest BCUT2D eigenvalue weighted by atomic mass is 9.89. The molecule has 0 atom stereocenters. The molecular weight excluding hydrogens is 596 g/mol. The smallest absolute Gasteiger partial charge is 0.233 e. The van der Waals surface area contributed by atoms with Crippen LogP contribution in [0.1, 0.15) is 44.5 Å². The quantitative estimate of drug-likeness (QED) is 0.166. The summed E-state index contributed by atoms with van der Waals surface area (Å²) in [6.45, 7) is 29.9. The largest absolute Gasteiger partial charge is 0.239 e. The molecule has 2 aliphatic carbocycles. The van der Waals surface area contributed by atoms with E-state index in [9.17, 15) is 21.0 Å². The third-order valence-electron chi connectivity index (χ3n) is 7.08. The van der Waals surface area contributed by atoms with Crippen molar-refractivity contribution in [2.24, 2.45) is 0 Å². The van der Waals surface area contributed by atoms with Gasteiger partial charge in [-0.2, -0.15) is 21.0 Å². The molecule has 5 rings (SSSR count). The first kappa shape index (κ1) is 29.7. The van der Waals surface area contributed by atoms with E-state index < -0.39 is 79.2 Å². The minimum absolute atomic E-state index is 0.128. The average Bonchev–Trinajstić information content (AvgIpc) is 3.54. The summed E-state index contributed by atoms with van der Waals surface area (Å²) in [6.07, 6.45) is 0. The fourth-order valence-corrected chi connectivity index (χ4v) is 5.26. The molecule has 0 spiro atoms. The lowest BCUT2D eigenvalue weighted by molar-refractivity contribution is 0.590. The third-order valence-corrected chi connectivity index (χ3v) is 7.08. The number of nitriles is 4. The Morgan fingerprint density at radius 1 is 0.587 bits per heavy atom. The second-order valence-electron chi connectivity index (χ2n) is 9.38. The molecule has 0 aliphatic heterocycles. The zero-order valence-corrected chi connectivity index (χ0v) is 22.6. The second kappa shape index (κ2) is 11.2. The summed E-state index contributed by atoms with van der Waals surface area (Å²) in [4.78, 5) is 12.7. The van der Waals surface area contributed by atoms with E-state index in [1.165, 1.54) is 18.2 Å². The molecule has 3 aromatic carbocycles. The van der Waals surface area contributed by atoms with Gasteiger partial charge in [-0.05, 0) is 29.3 Å². The molecule has 0 amide bonds. The summed E-state index contributed by atoms with van der Waals surface area (Å²) in [6, 6.07) is 13.4. The van der Waals surface area contributed by atoms with E-state index in [0.717, 1.165) is 24.3 Å². The van der Waals surface area contributed by atoms with E-state index in [-0.39, 0.29) is 33.6 Å². The Balaban J connectivity index is 1.99. The van der Waals surface area contributed by atoms with Crippen LogP contribution < -0.4 is 0 Å². The van der Waals surface area contributed by atoms with E-state index in [1.807, 2.05) is 0 Å². The molecule has 0 bridgehead atoms. The van der Waals surface area contributed by atoms with Crippen LogP contribution in [0, 0.1) is 83.2 Å². The SMILES string of the molecule is [C-]#[N+]C1=C(F)/C(=C(/C#N)c2cc([N+]#[C-])cc([N+]#[C-])c2)c2c(F)c3c(c(F)c21)C(C#N)=C(F)/C3=C(/[N+]#[C-])c1cc(C#N)cc(C#N)c1. The number of fused-ring (bicyclic) bond motifs is 2. The molecule has 12 heteroatoms. The summed E-state index contributed by atoms with van der Waals surface area (Å²) in [5, 5.41) is 38.7. The fraction of sp³-hybridized carbons (Fsp3) is 0. The Kier molecular flexibility index (Phi) is 7.21. The van der Waals surface area contributed by atoms with E-state index in [0.29, 0.717) is 0 Å². The molecule has 0 saturated heterocycles. The minimum Gasteiger partial charge on any atom is -0.239 e. The number of rotatable bonds is 2. The number of benzene rings is 3. The van der Waals surface area contributed by atoms with Crippen molar-refractivity contribution in [3.05, 3.63) is 150 Å². The van der Waals surface area contributed by atoms with Crippen molar-refractivity contribution in [1.29, 1.82) is 21.0 Å². The van der Waals surface area contributed by atoms with Crippen LogP contribution in [0.25, 0.3) is 53.1 Å². The van der Waals surface area contributed by atoms with Gasteiger partial charge in [0.2, 0.25) is 11.4 Å². The summed E-state index contributed by atoms with van der Waals surface area (Å²) in [5.74, 6) is -6.22. The summed E-state index contributed by atoms with van der Waals surface area (Å²) < 4.78 is 65.3.